The molecule has 2 aliphatic rings. The van der Waals surface area contributed by atoms with Crippen LogP contribution in [-0.2, 0) is 0 Å². The molecule has 0 nitrogen and oxygen atoms in total. The van der Waals surface area contributed by atoms with Crippen LogP contribution in [0, 0.1) is 0 Å². The molecule has 0 aliphatic heterocycles. The van der Waals surface area contributed by atoms with Crippen molar-refractivity contribution < 1.29 is 0 Å². The molecule has 9 heavy (non-hydrogen) atoms. The van der Waals surface area contributed by atoms with Crippen LogP contribution in [0.15, 0.2) is 46.4 Å². The molecule has 0 bridgehead atoms. The Labute approximate surface area is 59.7 Å². The maximum absolute atomic E-state index is 4.27. The van der Waals surface area contributed by atoms with Crippen molar-refractivity contribution in [3.05, 3.63) is 46.4 Å². The second kappa shape index (κ2) is 1.64. The molecule has 0 atom stereocenters. The van der Waals surface area contributed by atoms with Crippen molar-refractivity contribution in [3.63, 3.8) is 0 Å². The third-order valence-corrected chi connectivity index (χ3v) is 1.94. The molecule has 0 spiro atoms. The van der Waals surface area contributed by atoms with E-state index in [0.29, 0.717) is 0 Å². The molecule has 0 unspecified atom stereocenters. The molecule has 2 rings (SSSR count). The summed E-state index contributed by atoms with van der Waals surface area (Å²) in [6.07, 6.45) is 10.3. The first-order valence-electron chi connectivity index (χ1n) is 2.88. The lowest BCUT2D eigenvalue weighted by atomic mass is 10.2. The molecular weight excluding hydrogens is 128 g/mol. The number of allylic oxidation sites excluding steroid dienone is 7. The summed E-state index contributed by atoms with van der Waals surface area (Å²) in [5.74, 6) is 0. The molecular formula is C8H6S. The highest BCUT2D eigenvalue weighted by Gasteiger charge is 2.11. The Morgan fingerprint density at radius 1 is 1.11 bits per heavy atom. The fourth-order valence-electron chi connectivity index (χ4n) is 1.07. The van der Waals surface area contributed by atoms with Gasteiger partial charge in [-0.3, -0.25) is 0 Å². The lowest BCUT2D eigenvalue weighted by Crippen LogP contribution is -1.73. The summed E-state index contributed by atoms with van der Waals surface area (Å²) in [6, 6.07) is 0. The van der Waals surface area contributed by atoms with Gasteiger partial charge in [0.2, 0.25) is 0 Å². The first-order chi connectivity index (χ1) is 4.38. The van der Waals surface area contributed by atoms with Crippen LogP contribution >= 0.6 is 12.6 Å². The summed E-state index contributed by atoms with van der Waals surface area (Å²) < 4.78 is 0. The highest BCUT2D eigenvalue weighted by atomic mass is 32.1. The molecule has 0 saturated heterocycles. The Kier molecular flexibility index (Phi) is 0.935. The highest BCUT2D eigenvalue weighted by Crippen LogP contribution is 2.32. The number of hydrogen-bond acceptors (Lipinski definition) is 1. The van der Waals surface area contributed by atoms with E-state index in [9.17, 15) is 0 Å². The van der Waals surface area contributed by atoms with Gasteiger partial charge in [0.15, 0.2) is 0 Å². The highest BCUT2D eigenvalue weighted by molar-refractivity contribution is 7.84. The molecule has 0 amide bonds. The molecule has 0 radical (unpaired) electrons. The van der Waals surface area contributed by atoms with E-state index >= 15 is 0 Å². The Hall–Kier alpha value is -0.690. The van der Waals surface area contributed by atoms with E-state index < -0.39 is 0 Å². The predicted octanol–water partition coefficient (Wildman–Crippen LogP) is 2.24. The summed E-state index contributed by atoms with van der Waals surface area (Å²) in [4.78, 5) is 1.08. The molecule has 0 aromatic heterocycles. The largest absolute Gasteiger partial charge is 0.143 e. The van der Waals surface area contributed by atoms with Gasteiger partial charge in [0, 0.05) is 4.91 Å². The molecule has 0 heterocycles. The van der Waals surface area contributed by atoms with Gasteiger partial charge in [0.25, 0.3) is 0 Å². The number of fused-ring (bicyclic) bond motifs is 1. The molecule has 1 heteroatoms. The predicted molar refractivity (Wildman–Crippen MR) is 42.4 cm³/mol. The van der Waals surface area contributed by atoms with Crippen molar-refractivity contribution >= 4 is 12.6 Å². The van der Waals surface area contributed by atoms with Crippen LogP contribution in [0.3, 0.4) is 0 Å². The van der Waals surface area contributed by atoms with Gasteiger partial charge < -0.3 is 0 Å². The van der Waals surface area contributed by atoms with Crippen molar-refractivity contribution in [2.45, 2.75) is 0 Å². The summed E-state index contributed by atoms with van der Waals surface area (Å²) in [6.45, 7) is 0. The van der Waals surface area contributed by atoms with Gasteiger partial charge in [-0.05, 0) is 17.2 Å². The van der Waals surface area contributed by atoms with Crippen molar-refractivity contribution in [1.82, 2.24) is 0 Å². The second-order valence-corrected chi connectivity index (χ2v) is 2.60. The zero-order valence-electron chi connectivity index (χ0n) is 4.83. The molecule has 0 fully saturated rings. The van der Waals surface area contributed by atoms with Crippen molar-refractivity contribution in [1.29, 1.82) is 0 Å². The minimum atomic E-state index is 1.08. The van der Waals surface area contributed by atoms with Crippen LogP contribution in [0.25, 0.3) is 0 Å². The SMILES string of the molecule is SC1=CC=C2C=CC=C12. The lowest BCUT2D eigenvalue weighted by Gasteiger charge is -1.93. The number of hydrogen-bond donors (Lipinski definition) is 1. The van der Waals surface area contributed by atoms with Crippen molar-refractivity contribution in [2.24, 2.45) is 0 Å². The maximum Gasteiger partial charge on any atom is 0.0119 e. The van der Waals surface area contributed by atoms with E-state index in [2.05, 4.69) is 30.9 Å². The van der Waals surface area contributed by atoms with Crippen molar-refractivity contribution in [2.75, 3.05) is 0 Å². The first-order valence-corrected chi connectivity index (χ1v) is 3.33. The molecule has 0 aromatic carbocycles. The van der Waals surface area contributed by atoms with Gasteiger partial charge in [-0.1, -0.05) is 24.3 Å². The molecule has 44 valence electrons. The van der Waals surface area contributed by atoms with Gasteiger partial charge in [-0.15, -0.1) is 12.6 Å². The average molecular weight is 134 g/mol. The van der Waals surface area contributed by atoms with E-state index in [1.165, 1.54) is 11.1 Å². The summed E-state index contributed by atoms with van der Waals surface area (Å²) in [7, 11) is 0. The topological polar surface area (TPSA) is 0 Å². The van der Waals surface area contributed by atoms with Crippen LogP contribution in [0.4, 0.5) is 0 Å². The maximum atomic E-state index is 4.27. The van der Waals surface area contributed by atoms with E-state index in [0.717, 1.165) is 4.91 Å². The van der Waals surface area contributed by atoms with Crippen LogP contribution in [0.5, 0.6) is 0 Å². The third kappa shape index (κ3) is 0.615. The number of rotatable bonds is 0. The zero-order chi connectivity index (χ0) is 6.27. The smallest absolute Gasteiger partial charge is 0.0119 e. The van der Waals surface area contributed by atoms with E-state index in [1.807, 2.05) is 12.2 Å². The summed E-state index contributed by atoms with van der Waals surface area (Å²) in [5.41, 5.74) is 2.55. The molecule has 0 aromatic rings. The minimum absolute atomic E-state index is 1.08. The fraction of sp³-hybridized carbons (Fsp3) is 0. The first kappa shape index (κ1) is 5.12. The minimum Gasteiger partial charge on any atom is -0.143 e. The van der Waals surface area contributed by atoms with Crippen LogP contribution in [-0.4, -0.2) is 0 Å². The van der Waals surface area contributed by atoms with Gasteiger partial charge >= 0.3 is 0 Å². The summed E-state index contributed by atoms with van der Waals surface area (Å²) in [5, 5.41) is 0. The number of thiol groups is 1. The van der Waals surface area contributed by atoms with Gasteiger partial charge in [0.05, 0.1) is 0 Å². The monoisotopic (exact) mass is 134 g/mol. The normalized spacial score (nSPS) is 21.2. The Morgan fingerprint density at radius 3 is 2.78 bits per heavy atom. The van der Waals surface area contributed by atoms with Crippen LogP contribution in [0.1, 0.15) is 0 Å². The molecule has 0 saturated carbocycles. The van der Waals surface area contributed by atoms with Gasteiger partial charge in [-0.25, -0.2) is 0 Å². The Bertz CT molecular complexity index is 264. The van der Waals surface area contributed by atoms with Crippen LogP contribution in [0.2, 0.25) is 0 Å². The third-order valence-electron chi connectivity index (χ3n) is 1.55. The Balaban J connectivity index is 2.53. The lowest BCUT2D eigenvalue weighted by molar-refractivity contribution is 1.67. The second-order valence-electron chi connectivity index (χ2n) is 2.11. The van der Waals surface area contributed by atoms with Crippen LogP contribution < -0.4 is 0 Å². The van der Waals surface area contributed by atoms with Crippen molar-refractivity contribution in [3.8, 4) is 0 Å². The fourth-order valence-corrected chi connectivity index (χ4v) is 1.35. The summed E-state index contributed by atoms with van der Waals surface area (Å²) >= 11 is 4.27. The van der Waals surface area contributed by atoms with E-state index in [1.54, 1.807) is 0 Å². The average Bonchev–Trinajstić information content (AvgIpc) is 2.35. The zero-order valence-corrected chi connectivity index (χ0v) is 5.73. The van der Waals surface area contributed by atoms with Gasteiger partial charge in [0.1, 0.15) is 0 Å². The van der Waals surface area contributed by atoms with E-state index in [4.69, 9.17) is 0 Å². The standard InChI is InChI=1S/C8H6S/c9-8-5-4-6-2-1-3-7(6)8/h1-5,9H. The quantitative estimate of drug-likeness (QED) is 0.482. The Morgan fingerprint density at radius 2 is 2.00 bits per heavy atom. The van der Waals surface area contributed by atoms with Gasteiger partial charge in [-0.2, -0.15) is 0 Å². The molecule has 0 N–H and O–H groups in total. The molecule has 2 aliphatic carbocycles. The van der Waals surface area contributed by atoms with E-state index in [-0.39, 0.29) is 0 Å².